The third kappa shape index (κ3) is 6.14. The monoisotopic (exact) mass is 573 g/mol. The van der Waals surface area contributed by atoms with E-state index >= 15 is 0 Å². The minimum Gasteiger partial charge on any atom is -0.480 e. The summed E-state index contributed by atoms with van der Waals surface area (Å²) in [6.07, 6.45) is 2.00. The van der Waals surface area contributed by atoms with E-state index in [4.69, 9.17) is 16.9 Å². The van der Waals surface area contributed by atoms with E-state index in [0.29, 0.717) is 33.6 Å². The minimum atomic E-state index is -4.10. The summed E-state index contributed by atoms with van der Waals surface area (Å²) in [5.41, 5.74) is 1.48. The number of aliphatic carboxylic acids is 1. The molecule has 1 saturated heterocycles. The first-order valence-electron chi connectivity index (χ1n) is 11.5. The molecule has 10 nitrogen and oxygen atoms in total. The van der Waals surface area contributed by atoms with E-state index < -0.39 is 34.5 Å². The fourth-order valence-corrected chi connectivity index (χ4v) is 7.17. The van der Waals surface area contributed by atoms with E-state index in [0.717, 1.165) is 21.2 Å². The number of amides is 1. The molecule has 0 radical (unpaired) electrons. The average molecular weight is 574 g/mol. The van der Waals surface area contributed by atoms with Gasteiger partial charge < -0.3 is 10.0 Å². The predicted octanol–water partition coefficient (Wildman–Crippen LogP) is 3.22. The van der Waals surface area contributed by atoms with Crippen molar-refractivity contribution in [2.75, 3.05) is 26.7 Å². The van der Waals surface area contributed by atoms with Gasteiger partial charge in [0.15, 0.2) is 0 Å². The smallest absolute Gasteiger partial charge is 0.327 e. The minimum absolute atomic E-state index is 0.0184. The lowest BCUT2D eigenvalue weighted by molar-refractivity contribution is -0.154. The van der Waals surface area contributed by atoms with Gasteiger partial charge in [0.1, 0.15) is 10.3 Å². The van der Waals surface area contributed by atoms with Gasteiger partial charge >= 0.3 is 5.97 Å². The van der Waals surface area contributed by atoms with E-state index in [1.54, 1.807) is 60.7 Å². The molecular weight excluding hydrogens is 550 g/mol. The first-order chi connectivity index (χ1) is 18.1. The summed E-state index contributed by atoms with van der Waals surface area (Å²) >= 11 is 7.04. The van der Waals surface area contributed by atoms with E-state index in [2.05, 4.69) is 11.2 Å². The van der Waals surface area contributed by atoms with E-state index in [1.165, 1.54) is 11.0 Å². The zero-order valence-corrected chi connectivity index (χ0v) is 22.7. The highest BCUT2D eigenvalue weighted by Gasteiger charge is 2.42. The highest BCUT2D eigenvalue weighted by molar-refractivity contribution is 7.91. The number of fused-ring (bicyclic) bond motifs is 1. The van der Waals surface area contributed by atoms with Crippen molar-refractivity contribution in [3.05, 3.63) is 64.7 Å². The van der Waals surface area contributed by atoms with Crippen molar-refractivity contribution >= 4 is 61.1 Å². The molecule has 1 aliphatic rings. The molecule has 0 saturated carbocycles. The lowest BCUT2D eigenvalue weighted by Crippen LogP contribution is -2.59. The molecule has 0 unspecified atom stereocenters. The Morgan fingerprint density at radius 1 is 1.29 bits per heavy atom. The number of benzene rings is 2. The Balaban J connectivity index is 1.48. The SMILES string of the molecule is CN(CCC#N)N=Cc1ccc(CN2C(=O)CN(S(=O)(=O)c3cc4ccc(Cl)cc4s3)C[C@@H]2C(=O)O)cc1. The number of piperazine rings is 1. The molecule has 0 aliphatic carbocycles. The first kappa shape index (κ1) is 27.5. The highest BCUT2D eigenvalue weighted by Crippen LogP contribution is 2.33. The molecule has 1 atom stereocenters. The van der Waals surface area contributed by atoms with Crippen LogP contribution in [0.5, 0.6) is 0 Å². The largest absolute Gasteiger partial charge is 0.480 e. The molecule has 1 N–H and O–H groups in total. The number of carboxylic acid groups (broad SMARTS) is 1. The number of thiophene rings is 1. The van der Waals surface area contributed by atoms with Crippen LogP contribution in [0.1, 0.15) is 17.5 Å². The number of hydrogen-bond donors (Lipinski definition) is 1. The van der Waals surface area contributed by atoms with Gasteiger partial charge in [0.05, 0.1) is 25.2 Å². The number of carbonyl (C=O) groups excluding carboxylic acids is 1. The van der Waals surface area contributed by atoms with Gasteiger partial charge in [-0.2, -0.15) is 14.7 Å². The summed E-state index contributed by atoms with van der Waals surface area (Å²) in [5, 5.41) is 25.6. The van der Waals surface area contributed by atoms with Gasteiger partial charge in [-0.25, -0.2) is 13.2 Å². The fraction of sp³-hybridized carbons (Fsp3) is 0.280. The van der Waals surface area contributed by atoms with Crippen LogP contribution < -0.4 is 0 Å². The van der Waals surface area contributed by atoms with Crippen LogP contribution in [0.15, 0.2) is 57.8 Å². The van der Waals surface area contributed by atoms with Gasteiger partial charge in [-0.15, -0.1) is 11.3 Å². The second-order valence-electron chi connectivity index (χ2n) is 8.70. The molecule has 1 amide bonds. The van der Waals surface area contributed by atoms with Crippen LogP contribution >= 0.6 is 22.9 Å². The van der Waals surface area contributed by atoms with Gasteiger partial charge in [0, 0.05) is 36.4 Å². The Hall–Kier alpha value is -3.50. The zero-order valence-electron chi connectivity index (χ0n) is 20.3. The summed E-state index contributed by atoms with van der Waals surface area (Å²) in [7, 11) is -2.34. The molecule has 1 aromatic heterocycles. The van der Waals surface area contributed by atoms with E-state index in [-0.39, 0.29) is 17.3 Å². The van der Waals surface area contributed by atoms with Crippen LogP contribution in [0.25, 0.3) is 10.1 Å². The summed E-state index contributed by atoms with van der Waals surface area (Å²) in [5.74, 6) is -1.88. The Labute approximate surface area is 229 Å². The van der Waals surface area contributed by atoms with E-state index in [9.17, 15) is 23.1 Å². The van der Waals surface area contributed by atoms with Crippen molar-refractivity contribution in [3.8, 4) is 6.07 Å². The number of hydrogen-bond acceptors (Lipinski definition) is 8. The summed E-state index contributed by atoms with van der Waals surface area (Å²) in [4.78, 5) is 26.3. The molecule has 2 heterocycles. The summed E-state index contributed by atoms with van der Waals surface area (Å²) < 4.78 is 28.3. The molecule has 13 heteroatoms. The van der Waals surface area contributed by atoms with Gasteiger partial charge in [-0.3, -0.25) is 9.80 Å². The van der Waals surface area contributed by atoms with Gasteiger partial charge in [-0.1, -0.05) is 41.9 Å². The number of hydrazone groups is 1. The van der Waals surface area contributed by atoms with Crippen molar-refractivity contribution < 1.29 is 23.1 Å². The van der Waals surface area contributed by atoms with Crippen molar-refractivity contribution in [2.24, 2.45) is 5.10 Å². The van der Waals surface area contributed by atoms with Gasteiger partial charge in [-0.05, 0) is 34.7 Å². The standard InChI is InChI=1S/C25H24ClN5O5S2/c1-29(10-2-9-27)28-13-17-3-5-18(6-4-17)14-31-21(25(33)34)15-30(16-23(31)32)38(35,36)24-11-19-7-8-20(26)12-22(19)37-24/h3-8,11-13,21H,2,10,14-16H2,1H3,(H,33,34)/t21-/m1/s1. The molecule has 4 rings (SSSR count). The number of rotatable bonds is 9. The molecular formula is C25H24ClN5O5S2. The van der Waals surface area contributed by atoms with Crippen molar-refractivity contribution in [1.29, 1.82) is 5.26 Å². The molecule has 3 aromatic rings. The fourth-order valence-electron chi connectivity index (χ4n) is 3.94. The maximum atomic E-state index is 13.3. The molecule has 0 spiro atoms. The molecule has 198 valence electrons. The maximum Gasteiger partial charge on any atom is 0.327 e. The Bertz CT molecular complexity index is 1530. The number of halogens is 1. The number of nitriles is 1. The average Bonchev–Trinajstić information content (AvgIpc) is 3.32. The molecule has 2 aromatic carbocycles. The third-order valence-electron chi connectivity index (χ3n) is 6.01. The van der Waals surface area contributed by atoms with Crippen LogP contribution in [-0.4, -0.2) is 78.6 Å². The maximum absolute atomic E-state index is 13.3. The van der Waals surface area contributed by atoms with Crippen LogP contribution in [0, 0.1) is 11.3 Å². The van der Waals surface area contributed by atoms with Gasteiger partial charge in [0.2, 0.25) is 5.91 Å². The van der Waals surface area contributed by atoms with Crippen LogP contribution in [0.4, 0.5) is 0 Å². The number of sulfonamides is 1. The lowest BCUT2D eigenvalue weighted by Gasteiger charge is -2.38. The molecule has 1 fully saturated rings. The first-order valence-corrected chi connectivity index (χ1v) is 14.1. The van der Waals surface area contributed by atoms with Crippen LogP contribution in [-0.2, 0) is 26.2 Å². The van der Waals surface area contributed by atoms with Gasteiger partial charge in [0.25, 0.3) is 10.0 Å². The Morgan fingerprint density at radius 2 is 2.03 bits per heavy atom. The quantitative estimate of drug-likeness (QED) is 0.307. The zero-order chi connectivity index (χ0) is 27.4. The van der Waals surface area contributed by atoms with E-state index in [1.807, 2.05) is 0 Å². The highest BCUT2D eigenvalue weighted by atomic mass is 35.5. The van der Waals surface area contributed by atoms with Crippen molar-refractivity contribution in [3.63, 3.8) is 0 Å². The third-order valence-corrected chi connectivity index (χ3v) is 9.60. The van der Waals surface area contributed by atoms with Crippen LogP contribution in [0.2, 0.25) is 5.02 Å². The Kier molecular flexibility index (Phi) is 8.32. The topological polar surface area (TPSA) is 134 Å². The summed E-state index contributed by atoms with van der Waals surface area (Å²) in [6.45, 7) is -0.299. The summed E-state index contributed by atoms with van der Waals surface area (Å²) in [6, 6.07) is 14.3. The second-order valence-corrected chi connectivity index (χ2v) is 12.4. The lowest BCUT2D eigenvalue weighted by atomic mass is 10.1. The number of carbonyl (C=O) groups is 2. The number of nitrogens with zero attached hydrogens (tertiary/aromatic N) is 5. The molecule has 1 aliphatic heterocycles. The predicted molar refractivity (Wildman–Crippen MR) is 144 cm³/mol. The van der Waals surface area contributed by atoms with Crippen molar-refractivity contribution in [1.82, 2.24) is 14.2 Å². The normalized spacial score (nSPS) is 16.7. The molecule has 0 bridgehead atoms. The second kappa shape index (κ2) is 11.5. The Morgan fingerprint density at radius 3 is 2.71 bits per heavy atom. The molecule has 38 heavy (non-hydrogen) atoms. The number of carboxylic acids is 1. The van der Waals surface area contributed by atoms with Crippen LogP contribution in [0.3, 0.4) is 0 Å². The van der Waals surface area contributed by atoms with Crippen molar-refractivity contribution in [2.45, 2.75) is 23.2 Å².